The second-order valence-corrected chi connectivity index (χ2v) is 9.10. The molecule has 0 bridgehead atoms. The van der Waals surface area contributed by atoms with Crippen LogP contribution in [0.1, 0.15) is 34.6 Å². The van der Waals surface area contributed by atoms with Crippen LogP contribution in [0.3, 0.4) is 0 Å². The summed E-state index contributed by atoms with van der Waals surface area (Å²) < 4.78 is 15.7. The number of carboxylic acids is 1. The molecule has 0 fully saturated rings. The van der Waals surface area contributed by atoms with E-state index in [4.69, 9.17) is 19.3 Å². The maximum Gasteiger partial charge on any atom is 0.408 e. The van der Waals surface area contributed by atoms with Gasteiger partial charge in [-0.3, -0.25) is 19.2 Å². The van der Waals surface area contributed by atoms with E-state index in [1.165, 1.54) is 26.0 Å². The van der Waals surface area contributed by atoms with Crippen molar-refractivity contribution in [3.63, 3.8) is 0 Å². The Morgan fingerprint density at radius 2 is 1.36 bits per heavy atom. The summed E-state index contributed by atoms with van der Waals surface area (Å²) in [5, 5.41) is 18.3. The van der Waals surface area contributed by atoms with Gasteiger partial charge in [-0.05, 0) is 34.6 Å². The van der Waals surface area contributed by atoms with Crippen molar-refractivity contribution < 1.29 is 43.3 Å². The molecule has 2 atom stereocenters. The molecule has 0 aromatic carbocycles. The SMILES string of the molecule is C=CCOC[C@H](NC(=O)OC(C)(C)C)C(=O)NC(C)(C)C(=O)N[C@@H](COCC=C)C(=O)NCC(=O)O. The highest BCUT2D eigenvalue weighted by molar-refractivity contribution is 5.96. The maximum absolute atomic E-state index is 12.9. The average Bonchev–Trinajstić information content (AvgIpc) is 2.74. The van der Waals surface area contributed by atoms with Crippen LogP contribution in [-0.2, 0) is 33.4 Å². The topological polar surface area (TPSA) is 181 Å². The molecule has 0 spiro atoms. The smallest absolute Gasteiger partial charge is 0.408 e. The van der Waals surface area contributed by atoms with Crippen molar-refractivity contribution in [1.29, 1.82) is 0 Å². The maximum atomic E-state index is 12.9. The third-order valence-electron chi connectivity index (χ3n) is 4.09. The first kappa shape index (κ1) is 32.5. The Kier molecular flexibility index (Phi) is 14.0. The molecular formula is C23H38N4O9. The standard InChI is InChI=1S/C23H38N4O9/c1-8-10-34-13-15(18(30)24-12-17(28)29)25-20(32)23(6,7)27-19(31)16(14-35-11-9-2)26-21(33)36-22(3,4)5/h8-9,15-16H,1-2,10-14H2,3-7H3,(H,24,30)(H,25,32)(H,26,33)(H,27,31)(H,28,29)/t15-,16-/m0/s1. The van der Waals surface area contributed by atoms with E-state index < -0.39 is 59.6 Å². The van der Waals surface area contributed by atoms with Crippen LogP contribution in [0, 0.1) is 0 Å². The third-order valence-corrected chi connectivity index (χ3v) is 4.09. The molecule has 0 aliphatic carbocycles. The van der Waals surface area contributed by atoms with E-state index in [1.807, 2.05) is 0 Å². The molecule has 0 rings (SSSR count). The van der Waals surface area contributed by atoms with Gasteiger partial charge in [0.1, 0.15) is 29.8 Å². The van der Waals surface area contributed by atoms with Crippen molar-refractivity contribution >= 4 is 29.8 Å². The zero-order valence-electron chi connectivity index (χ0n) is 21.5. The fourth-order valence-electron chi connectivity index (χ4n) is 2.43. The second kappa shape index (κ2) is 15.5. The lowest BCUT2D eigenvalue weighted by molar-refractivity contribution is -0.139. The lowest BCUT2D eigenvalue weighted by Gasteiger charge is -2.30. The minimum atomic E-state index is -1.56. The van der Waals surface area contributed by atoms with E-state index >= 15 is 0 Å². The number of alkyl carbamates (subject to hydrolysis) is 1. The van der Waals surface area contributed by atoms with E-state index in [0.29, 0.717) is 0 Å². The summed E-state index contributed by atoms with van der Waals surface area (Å²) >= 11 is 0. The summed E-state index contributed by atoms with van der Waals surface area (Å²) in [5.41, 5.74) is -2.37. The summed E-state index contributed by atoms with van der Waals surface area (Å²) in [6.07, 6.45) is 2.04. The first-order valence-electron chi connectivity index (χ1n) is 11.1. The van der Waals surface area contributed by atoms with Crippen LogP contribution in [0.15, 0.2) is 25.3 Å². The van der Waals surface area contributed by atoms with Gasteiger partial charge in [-0.25, -0.2) is 4.79 Å². The summed E-state index contributed by atoms with van der Waals surface area (Å²) in [5.74, 6) is -3.58. The number of ether oxygens (including phenoxy) is 3. The molecule has 5 N–H and O–H groups in total. The molecule has 0 unspecified atom stereocenters. The van der Waals surface area contributed by atoms with E-state index in [0.717, 1.165) is 0 Å². The monoisotopic (exact) mass is 514 g/mol. The Labute approximate surface area is 211 Å². The van der Waals surface area contributed by atoms with Crippen molar-refractivity contribution in [2.75, 3.05) is 33.0 Å². The number of amides is 4. The summed E-state index contributed by atoms with van der Waals surface area (Å²) in [7, 11) is 0. The molecule has 0 aliphatic heterocycles. The van der Waals surface area contributed by atoms with Crippen LogP contribution in [0.4, 0.5) is 4.79 Å². The summed E-state index contributed by atoms with van der Waals surface area (Å²) in [6, 6.07) is -2.46. The van der Waals surface area contributed by atoms with Crippen molar-refractivity contribution in [1.82, 2.24) is 21.3 Å². The first-order chi connectivity index (χ1) is 16.6. The molecule has 13 nitrogen and oxygen atoms in total. The molecule has 0 aliphatic rings. The largest absolute Gasteiger partial charge is 0.480 e. The number of hydrogen-bond acceptors (Lipinski definition) is 8. The van der Waals surface area contributed by atoms with E-state index in [9.17, 15) is 24.0 Å². The first-order valence-corrected chi connectivity index (χ1v) is 11.1. The molecule has 36 heavy (non-hydrogen) atoms. The van der Waals surface area contributed by atoms with Crippen molar-refractivity contribution in [2.24, 2.45) is 0 Å². The molecule has 0 aromatic rings. The highest BCUT2D eigenvalue weighted by Crippen LogP contribution is 2.08. The molecule has 0 heterocycles. The van der Waals surface area contributed by atoms with Gasteiger partial charge in [0.15, 0.2) is 0 Å². The average molecular weight is 515 g/mol. The lowest BCUT2D eigenvalue weighted by Crippen LogP contribution is -2.63. The number of hydrogen-bond donors (Lipinski definition) is 5. The van der Waals surface area contributed by atoms with Gasteiger partial charge in [-0.1, -0.05) is 12.2 Å². The van der Waals surface area contributed by atoms with Gasteiger partial charge in [0.2, 0.25) is 17.7 Å². The zero-order valence-corrected chi connectivity index (χ0v) is 21.5. The molecule has 0 saturated heterocycles. The van der Waals surface area contributed by atoms with Gasteiger partial charge in [0.05, 0.1) is 26.4 Å². The van der Waals surface area contributed by atoms with Crippen LogP contribution in [0.5, 0.6) is 0 Å². The highest BCUT2D eigenvalue weighted by Gasteiger charge is 2.35. The summed E-state index contributed by atoms with van der Waals surface area (Å²) in [4.78, 5) is 61.1. The lowest BCUT2D eigenvalue weighted by atomic mass is 10.0. The second-order valence-electron chi connectivity index (χ2n) is 9.10. The fourth-order valence-corrected chi connectivity index (χ4v) is 2.43. The van der Waals surface area contributed by atoms with Crippen LogP contribution < -0.4 is 21.3 Å². The van der Waals surface area contributed by atoms with Crippen LogP contribution >= 0.6 is 0 Å². The number of carboxylic acid groups (broad SMARTS) is 1. The molecular weight excluding hydrogens is 476 g/mol. The number of rotatable bonds is 16. The molecule has 0 radical (unpaired) electrons. The molecule has 0 aromatic heterocycles. The Morgan fingerprint density at radius 3 is 1.81 bits per heavy atom. The van der Waals surface area contributed by atoms with Crippen LogP contribution in [0.2, 0.25) is 0 Å². The minimum absolute atomic E-state index is 0.0848. The van der Waals surface area contributed by atoms with Crippen molar-refractivity contribution in [3.8, 4) is 0 Å². The number of nitrogens with one attached hydrogen (secondary N) is 4. The highest BCUT2D eigenvalue weighted by atomic mass is 16.6. The predicted octanol–water partition coefficient (Wildman–Crippen LogP) is -0.135. The normalized spacial score (nSPS) is 12.9. The Hall–Kier alpha value is -3.45. The molecule has 13 heteroatoms. The van der Waals surface area contributed by atoms with E-state index in [2.05, 4.69) is 34.4 Å². The fraction of sp³-hybridized carbons (Fsp3) is 0.609. The van der Waals surface area contributed by atoms with E-state index in [1.54, 1.807) is 20.8 Å². The van der Waals surface area contributed by atoms with Crippen LogP contribution in [0.25, 0.3) is 0 Å². The van der Waals surface area contributed by atoms with Gasteiger partial charge < -0.3 is 40.6 Å². The third kappa shape index (κ3) is 14.1. The van der Waals surface area contributed by atoms with Crippen LogP contribution in [-0.4, -0.2) is 91.1 Å². The Balaban J connectivity index is 5.43. The molecule has 4 amide bonds. The molecule has 0 saturated carbocycles. The minimum Gasteiger partial charge on any atom is -0.480 e. The Morgan fingerprint density at radius 1 is 0.861 bits per heavy atom. The zero-order chi connectivity index (χ0) is 27.9. The van der Waals surface area contributed by atoms with Gasteiger partial charge in [0.25, 0.3) is 0 Å². The number of carbonyl (C=O) groups excluding carboxylic acids is 4. The van der Waals surface area contributed by atoms with Gasteiger partial charge in [-0.2, -0.15) is 0 Å². The van der Waals surface area contributed by atoms with Crippen molar-refractivity contribution in [2.45, 2.75) is 57.8 Å². The quantitative estimate of drug-likeness (QED) is 0.138. The van der Waals surface area contributed by atoms with Gasteiger partial charge in [-0.15, -0.1) is 13.2 Å². The summed E-state index contributed by atoms with van der Waals surface area (Å²) in [6.45, 7) is 13.8. The van der Waals surface area contributed by atoms with Gasteiger partial charge >= 0.3 is 12.1 Å². The molecule has 204 valence electrons. The number of carbonyl (C=O) groups is 5. The van der Waals surface area contributed by atoms with Crippen molar-refractivity contribution in [3.05, 3.63) is 25.3 Å². The van der Waals surface area contributed by atoms with E-state index in [-0.39, 0.29) is 26.4 Å². The Bertz CT molecular complexity index is 806. The van der Waals surface area contributed by atoms with Gasteiger partial charge in [0, 0.05) is 0 Å². The number of aliphatic carboxylic acids is 1. The predicted molar refractivity (Wildman–Crippen MR) is 130 cm³/mol.